The van der Waals surface area contributed by atoms with Gasteiger partial charge in [0.05, 0.1) is 0 Å². The highest BCUT2D eigenvalue weighted by Gasteiger charge is 2.62. The topological polar surface area (TPSA) is 24.5 Å². The van der Waals surface area contributed by atoms with Crippen molar-refractivity contribution in [1.82, 2.24) is 9.76 Å². The van der Waals surface area contributed by atoms with Crippen molar-refractivity contribution in [2.75, 3.05) is 6.61 Å². The second kappa shape index (κ2) is 8.56. The molecule has 0 radical (unpaired) electrons. The fourth-order valence-electron chi connectivity index (χ4n) is 2.65. The summed E-state index contributed by atoms with van der Waals surface area (Å²) in [4.78, 5) is 0. The molecule has 1 N–H and O–H groups in total. The Morgan fingerprint density at radius 1 is 0.875 bits per heavy atom. The average molecular weight is 381 g/mol. The molecular formula is C15H31F5N2OP+. The maximum absolute atomic E-state index is 13.4. The Hall–Kier alpha value is -0.0400. The van der Waals surface area contributed by atoms with Crippen molar-refractivity contribution in [3.8, 4) is 0 Å². The van der Waals surface area contributed by atoms with Gasteiger partial charge in [0.15, 0.2) is 6.61 Å². The number of hydrogen-bond acceptors (Lipinski definition) is 3. The molecule has 0 aliphatic rings. The Kier molecular flexibility index (Phi) is 8.55. The van der Waals surface area contributed by atoms with E-state index in [-0.39, 0.29) is 23.8 Å². The molecule has 1 atom stereocenters. The van der Waals surface area contributed by atoms with E-state index in [1.54, 1.807) is 13.8 Å². The van der Waals surface area contributed by atoms with Gasteiger partial charge in [0.25, 0.3) is 7.79 Å². The first-order valence-corrected chi connectivity index (χ1v) is 9.85. The molecule has 1 unspecified atom stereocenters. The van der Waals surface area contributed by atoms with Crippen LogP contribution in [0.3, 0.4) is 0 Å². The summed E-state index contributed by atoms with van der Waals surface area (Å²) >= 11 is 0. The fraction of sp³-hybridized carbons (Fsp3) is 1.00. The van der Waals surface area contributed by atoms with Crippen molar-refractivity contribution in [3.05, 3.63) is 0 Å². The highest BCUT2D eigenvalue weighted by atomic mass is 31.2. The molecule has 0 aliphatic heterocycles. The van der Waals surface area contributed by atoms with E-state index in [4.69, 9.17) is 4.52 Å². The van der Waals surface area contributed by atoms with Crippen LogP contribution in [0.2, 0.25) is 0 Å². The average Bonchev–Trinajstić information content (AvgIpc) is 2.32. The van der Waals surface area contributed by atoms with Crippen molar-refractivity contribution in [2.45, 2.75) is 91.3 Å². The number of nitrogens with one attached hydrogen (secondary N) is 1. The first-order chi connectivity index (χ1) is 10.6. The first-order valence-electron chi connectivity index (χ1n) is 8.13. The zero-order valence-corrected chi connectivity index (χ0v) is 16.6. The molecule has 0 fully saturated rings. The second-order valence-corrected chi connectivity index (χ2v) is 10.3. The lowest BCUT2D eigenvalue weighted by Gasteiger charge is -2.43. The van der Waals surface area contributed by atoms with Crippen LogP contribution in [0, 0.1) is 0 Å². The maximum Gasteiger partial charge on any atom is 0.455 e. The third-order valence-corrected chi connectivity index (χ3v) is 7.82. The third kappa shape index (κ3) is 5.75. The molecule has 0 spiro atoms. The standard InChI is InChI=1S/C15H31F5N2OP/c1-10(2)21-24(13(7)8,22(11(3)4)12(5)6)23-9-14(16,17)15(18,19)20/h10-13,21H,9H2,1-8H3/q+1. The Bertz CT molecular complexity index is 381. The monoisotopic (exact) mass is 381 g/mol. The number of rotatable bonds is 9. The van der Waals surface area contributed by atoms with Gasteiger partial charge in [-0.15, -0.1) is 9.76 Å². The SMILES string of the molecule is CC(C)N[P+](OCC(F)(F)C(F)(F)F)(C(C)C)N(C(C)C)C(C)C. The van der Waals surface area contributed by atoms with E-state index in [0.29, 0.717) is 0 Å². The van der Waals surface area contributed by atoms with Gasteiger partial charge < -0.3 is 0 Å². The molecule has 0 aliphatic carbocycles. The quantitative estimate of drug-likeness (QED) is 0.422. The predicted octanol–water partition coefficient (Wildman–Crippen LogP) is 5.49. The molecule has 3 nitrogen and oxygen atoms in total. The summed E-state index contributed by atoms with van der Waals surface area (Å²) in [7, 11) is -2.91. The lowest BCUT2D eigenvalue weighted by Crippen LogP contribution is -2.49. The van der Waals surface area contributed by atoms with Crippen molar-refractivity contribution >= 4 is 7.79 Å². The van der Waals surface area contributed by atoms with Gasteiger partial charge in [-0.1, -0.05) is 0 Å². The Morgan fingerprint density at radius 2 is 1.29 bits per heavy atom. The molecule has 0 saturated heterocycles. The van der Waals surface area contributed by atoms with Crippen molar-refractivity contribution < 1.29 is 26.5 Å². The van der Waals surface area contributed by atoms with Gasteiger partial charge >= 0.3 is 12.1 Å². The second-order valence-electron chi connectivity index (χ2n) is 7.04. The smallest absolute Gasteiger partial charge is 0.193 e. The van der Waals surface area contributed by atoms with Crippen molar-refractivity contribution in [3.63, 3.8) is 0 Å². The molecular weight excluding hydrogens is 350 g/mol. The van der Waals surface area contributed by atoms with Gasteiger partial charge in [0.1, 0.15) is 5.66 Å². The summed E-state index contributed by atoms with van der Waals surface area (Å²) in [6, 6.07) is -0.279. The van der Waals surface area contributed by atoms with Crippen LogP contribution in [0.1, 0.15) is 55.4 Å². The van der Waals surface area contributed by atoms with E-state index in [9.17, 15) is 22.0 Å². The minimum absolute atomic E-state index is 0.0773. The molecule has 0 aromatic carbocycles. The summed E-state index contributed by atoms with van der Waals surface area (Å²) in [6.07, 6.45) is -5.63. The Balaban J connectivity index is 5.85. The van der Waals surface area contributed by atoms with E-state index in [1.807, 2.05) is 46.2 Å². The first kappa shape index (κ1) is 24.0. The summed E-state index contributed by atoms with van der Waals surface area (Å²) in [5.74, 6) is -4.88. The number of halogens is 5. The minimum Gasteiger partial charge on any atom is -0.193 e. The number of alkyl halides is 5. The predicted molar refractivity (Wildman–Crippen MR) is 89.4 cm³/mol. The van der Waals surface area contributed by atoms with E-state index in [0.717, 1.165) is 0 Å². The molecule has 0 aromatic rings. The van der Waals surface area contributed by atoms with Crippen LogP contribution in [-0.2, 0) is 4.52 Å². The third-order valence-electron chi connectivity index (χ3n) is 3.40. The molecule has 0 amide bonds. The summed E-state index contributed by atoms with van der Waals surface area (Å²) in [5, 5.41) is 3.19. The van der Waals surface area contributed by atoms with Gasteiger partial charge in [-0.25, -0.2) is 0 Å². The van der Waals surface area contributed by atoms with Crippen LogP contribution in [-0.4, -0.2) is 47.2 Å². The van der Waals surface area contributed by atoms with Gasteiger partial charge in [0, 0.05) is 18.1 Å². The molecule has 0 aromatic heterocycles. The van der Waals surface area contributed by atoms with Gasteiger partial charge in [-0.05, 0) is 55.4 Å². The lowest BCUT2D eigenvalue weighted by atomic mass is 10.3. The fourth-order valence-corrected chi connectivity index (χ4v) is 6.59. The molecule has 0 saturated carbocycles. The zero-order chi connectivity index (χ0) is 19.5. The van der Waals surface area contributed by atoms with Crippen LogP contribution >= 0.6 is 7.79 Å². The molecule has 0 bridgehead atoms. The number of hydrogen-bond donors (Lipinski definition) is 1. The molecule has 0 heterocycles. The molecule has 0 rings (SSSR count). The highest BCUT2D eigenvalue weighted by molar-refractivity contribution is 7.67. The molecule has 24 heavy (non-hydrogen) atoms. The Labute approximate surface area is 142 Å². The van der Waals surface area contributed by atoms with E-state index < -0.39 is 26.5 Å². The van der Waals surface area contributed by atoms with Crippen LogP contribution in [0.25, 0.3) is 0 Å². The summed E-state index contributed by atoms with van der Waals surface area (Å²) in [6.45, 7) is 13.0. The van der Waals surface area contributed by atoms with E-state index in [2.05, 4.69) is 5.09 Å². The summed E-state index contributed by atoms with van der Waals surface area (Å²) in [5.41, 5.74) is -0.256. The van der Waals surface area contributed by atoms with Gasteiger partial charge in [0.2, 0.25) is 0 Å². The molecule has 9 heteroatoms. The lowest BCUT2D eigenvalue weighted by molar-refractivity contribution is -0.290. The number of nitrogens with zero attached hydrogens (tertiary/aromatic N) is 1. The van der Waals surface area contributed by atoms with Crippen molar-refractivity contribution in [1.29, 1.82) is 0 Å². The zero-order valence-electron chi connectivity index (χ0n) is 15.7. The molecule has 146 valence electrons. The van der Waals surface area contributed by atoms with Crippen LogP contribution in [0.5, 0.6) is 0 Å². The Morgan fingerprint density at radius 3 is 1.54 bits per heavy atom. The van der Waals surface area contributed by atoms with Crippen LogP contribution in [0.4, 0.5) is 22.0 Å². The van der Waals surface area contributed by atoms with E-state index in [1.165, 1.54) is 0 Å². The largest absolute Gasteiger partial charge is 0.455 e. The highest BCUT2D eigenvalue weighted by Crippen LogP contribution is 2.66. The van der Waals surface area contributed by atoms with E-state index >= 15 is 0 Å². The normalized spacial score (nSPS) is 16.8. The van der Waals surface area contributed by atoms with Crippen LogP contribution < -0.4 is 5.09 Å². The van der Waals surface area contributed by atoms with Gasteiger partial charge in [-0.2, -0.15) is 26.5 Å². The van der Waals surface area contributed by atoms with Gasteiger partial charge in [-0.3, -0.25) is 0 Å². The van der Waals surface area contributed by atoms with Crippen molar-refractivity contribution in [2.24, 2.45) is 0 Å². The van der Waals surface area contributed by atoms with Crippen LogP contribution in [0.15, 0.2) is 0 Å². The maximum atomic E-state index is 13.4. The summed E-state index contributed by atoms with van der Waals surface area (Å²) < 4.78 is 71.9. The minimum atomic E-state index is -5.63.